The first-order valence-corrected chi connectivity index (χ1v) is 20.6. The van der Waals surface area contributed by atoms with Gasteiger partial charge >= 0.3 is 6.09 Å². The molecule has 2 saturated carbocycles. The SMILES string of the molecule is CCOc1cc(OC2C[C@H]3C(=O)N[C@]4(C(O)N(O)Cc5c(F)cccc5F)C[C@H]4CCCCC4=C([C@@H](NC(=O)OC5CCCC5)CC4)N3C2)c2cccc(C)c2n1. The molecule has 14 heteroatoms. The molecule has 3 aromatic rings. The van der Waals surface area contributed by atoms with E-state index in [1.807, 2.05) is 32.0 Å². The van der Waals surface area contributed by atoms with E-state index in [4.69, 9.17) is 19.2 Å². The molecule has 0 spiro atoms. The fourth-order valence-electron chi connectivity index (χ4n) is 9.68. The Morgan fingerprint density at radius 1 is 1.07 bits per heavy atom. The van der Waals surface area contributed by atoms with Gasteiger partial charge in [-0.15, -0.1) is 0 Å². The number of pyridine rings is 1. The van der Waals surface area contributed by atoms with Gasteiger partial charge in [0, 0.05) is 29.1 Å². The number of carbonyl (C=O) groups is 2. The van der Waals surface area contributed by atoms with Gasteiger partial charge in [-0.1, -0.05) is 24.6 Å². The molecule has 2 unspecified atom stereocenters. The summed E-state index contributed by atoms with van der Waals surface area (Å²) in [5.41, 5.74) is 2.18. The molecule has 5 aliphatic rings. The minimum Gasteiger partial charge on any atom is -0.488 e. The van der Waals surface area contributed by atoms with Crippen LogP contribution >= 0.6 is 0 Å². The van der Waals surface area contributed by atoms with Crippen molar-refractivity contribution in [3.05, 3.63) is 76.5 Å². The quantitative estimate of drug-likeness (QED) is 0.128. The van der Waals surface area contributed by atoms with Gasteiger partial charge in [-0.05, 0) is 113 Å². The number of nitrogens with one attached hydrogen (secondary N) is 2. The molecule has 0 radical (unpaired) electrons. The molecular formula is C43H53F2N5O7. The first kappa shape index (κ1) is 39.3. The molecule has 3 aliphatic carbocycles. The number of hydroxylamine groups is 2. The predicted octanol–water partition coefficient (Wildman–Crippen LogP) is 6.79. The Kier molecular flexibility index (Phi) is 11.3. The van der Waals surface area contributed by atoms with Crippen molar-refractivity contribution in [2.45, 2.75) is 134 Å². The number of rotatable bonds is 10. The number of allylic oxidation sites excluding steroid dienone is 1. The number of benzene rings is 2. The Hall–Kier alpha value is -4.53. The van der Waals surface area contributed by atoms with Crippen molar-refractivity contribution in [2.75, 3.05) is 13.2 Å². The minimum atomic E-state index is -1.64. The fourth-order valence-corrected chi connectivity index (χ4v) is 9.68. The zero-order chi connectivity index (χ0) is 39.8. The molecule has 306 valence electrons. The number of hydrogen-bond donors (Lipinski definition) is 4. The van der Waals surface area contributed by atoms with Gasteiger partial charge in [-0.25, -0.2) is 18.6 Å². The fraction of sp³-hybridized carbons (Fsp3) is 0.558. The first-order valence-electron chi connectivity index (χ1n) is 20.6. The molecule has 6 atom stereocenters. The van der Waals surface area contributed by atoms with Crippen molar-refractivity contribution >= 4 is 22.9 Å². The summed E-state index contributed by atoms with van der Waals surface area (Å²) in [4.78, 5) is 34.9. The molecule has 3 heterocycles. The second kappa shape index (κ2) is 16.4. The number of aliphatic hydroxyl groups is 1. The normalized spacial score (nSPS) is 26.9. The third-order valence-electron chi connectivity index (χ3n) is 12.6. The van der Waals surface area contributed by atoms with E-state index in [2.05, 4.69) is 15.5 Å². The Bertz CT molecular complexity index is 2010. The van der Waals surface area contributed by atoms with E-state index in [0.29, 0.717) is 49.1 Å². The second-order valence-corrected chi connectivity index (χ2v) is 16.4. The zero-order valence-electron chi connectivity index (χ0n) is 32.6. The number of fused-ring (bicyclic) bond motifs is 4. The average Bonchev–Trinajstić information content (AvgIpc) is 3.55. The Balaban J connectivity index is 1.11. The van der Waals surface area contributed by atoms with Crippen LogP contribution in [0.5, 0.6) is 11.6 Å². The van der Waals surface area contributed by atoms with Crippen molar-refractivity contribution in [1.29, 1.82) is 0 Å². The van der Waals surface area contributed by atoms with E-state index in [1.165, 1.54) is 11.6 Å². The number of halogens is 2. The molecular weight excluding hydrogens is 736 g/mol. The number of hydrogen-bond acceptors (Lipinski definition) is 10. The Morgan fingerprint density at radius 3 is 2.60 bits per heavy atom. The minimum absolute atomic E-state index is 0.102. The van der Waals surface area contributed by atoms with Gasteiger partial charge in [0.25, 0.3) is 0 Å². The van der Waals surface area contributed by atoms with E-state index in [1.54, 1.807) is 6.07 Å². The summed E-state index contributed by atoms with van der Waals surface area (Å²) in [6.07, 6.45) is 6.29. The van der Waals surface area contributed by atoms with Gasteiger partial charge in [0.2, 0.25) is 11.8 Å². The van der Waals surface area contributed by atoms with Crippen LogP contribution in [-0.2, 0) is 16.1 Å². The smallest absolute Gasteiger partial charge is 0.407 e. The van der Waals surface area contributed by atoms with E-state index in [-0.39, 0.29) is 36.0 Å². The van der Waals surface area contributed by atoms with Crippen LogP contribution in [0.2, 0.25) is 0 Å². The van der Waals surface area contributed by atoms with Crippen LogP contribution in [0, 0.1) is 24.5 Å². The maximum Gasteiger partial charge on any atom is 0.407 e. The summed E-state index contributed by atoms with van der Waals surface area (Å²) in [6.45, 7) is 4.02. The van der Waals surface area contributed by atoms with Crippen LogP contribution in [0.15, 0.2) is 53.7 Å². The summed E-state index contributed by atoms with van der Waals surface area (Å²) in [6, 6.07) is 9.94. The van der Waals surface area contributed by atoms with Gasteiger partial charge in [-0.3, -0.25) is 4.79 Å². The maximum absolute atomic E-state index is 14.8. The highest BCUT2D eigenvalue weighted by molar-refractivity contribution is 5.88. The lowest BCUT2D eigenvalue weighted by atomic mass is 10.00. The van der Waals surface area contributed by atoms with Crippen molar-refractivity contribution < 1.29 is 42.9 Å². The van der Waals surface area contributed by atoms with Crippen molar-refractivity contribution in [1.82, 2.24) is 25.6 Å². The van der Waals surface area contributed by atoms with Crippen LogP contribution in [0.3, 0.4) is 0 Å². The molecule has 0 bridgehead atoms. The lowest BCUT2D eigenvalue weighted by molar-refractivity contribution is -0.220. The molecule has 2 aromatic carbocycles. The van der Waals surface area contributed by atoms with Crippen molar-refractivity contribution in [3.8, 4) is 11.6 Å². The number of nitrogens with zero attached hydrogens (tertiary/aromatic N) is 3. The predicted molar refractivity (Wildman–Crippen MR) is 206 cm³/mol. The molecule has 3 fully saturated rings. The number of para-hydroxylation sites is 1. The summed E-state index contributed by atoms with van der Waals surface area (Å²) in [5, 5.41) is 30.5. The van der Waals surface area contributed by atoms with Gasteiger partial charge < -0.3 is 40.1 Å². The van der Waals surface area contributed by atoms with Gasteiger partial charge in [-0.2, -0.15) is 5.06 Å². The van der Waals surface area contributed by atoms with E-state index >= 15 is 0 Å². The van der Waals surface area contributed by atoms with E-state index < -0.39 is 48.2 Å². The number of carbonyl (C=O) groups excluding carboxylic acids is 2. The number of aromatic nitrogens is 1. The molecule has 4 N–H and O–H groups in total. The highest BCUT2D eigenvalue weighted by atomic mass is 19.1. The van der Waals surface area contributed by atoms with E-state index in [0.717, 1.165) is 85.7 Å². The lowest BCUT2D eigenvalue weighted by Gasteiger charge is -2.35. The number of ether oxygens (including phenoxy) is 3. The monoisotopic (exact) mass is 789 g/mol. The molecule has 57 heavy (non-hydrogen) atoms. The van der Waals surface area contributed by atoms with Crippen LogP contribution in [-0.4, -0.2) is 86.5 Å². The Morgan fingerprint density at radius 2 is 1.82 bits per heavy atom. The highest BCUT2D eigenvalue weighted by Crippen LogP contribution is 2.51. The van der Waals surface area contributed by atoms with E-state index in [9.17, 15) is 28.7 Å². The largest absolute Gasteiger partial charge is 0.488 e. The second-order valence-electron chi connectivity index (χ2n) is 16.4. The summed E-state index contributed by atoms with van der Waals surface area (Å²) in [7, 11) is 0. The molecule has 12 nitrogen and oxygen atoms in total. The summed E-state index contributed by atoms with van der Waals surface area (Å²) < 4.78 is 47.7. The number of aryl methyl sites for hydroxylation is 1. The van der Waals surface area contributed by atoms with Crippen LogP contribution < -0.4 is 20.1 Å². The lowest BCUT2D eigenvalue weighted by Crippen LogP contribution is -2.58. The first-order chi connectivity index (χ1) is 27.5. The molecule has 2 aliphatic heterocycles. The average molecular weight is 790 g/mol. The van der Waals surface area contributed by atoms with Crippen LogP contribution in [0.1, 0.15) is 95.1 Å². The topological polar surface area (TPSA) is 146 Å². The van der Waals surface area contributed by atoms with Gasteiger partial charge in [0.15, 0.2) is 6.23 Å². The number of amides is 2. The Labute approximate surface area is 331 Å². The number of alkyl carbamates (subject to hydrolysis) is 1. The maximum atomic E-state index is 14.8. The third-order valence-corrected chi connectivity index (χ3v) is 12.6. The molecule has 1 saturated heterocycles. The highest BCUT2D eigenvalue weighted by Gasteiger charge is 2.62. The zero-order valence-corrected chi connectivity index (χ0v) is 32.6. The number of aliphatic hydroxyl groups excluding tert-OH is 1. The third kappa shape index (κ3) is 8.00. The van der Waals surface area contributed by atoms with Crippen LogP contribution in [0.4, 0.5) is 13.6 Å². The molecule has 1 aromatic heterocycles. The van der Waals surface area contributed by atoms with Gasteiger partial charge in [0.1, 0.15) is 35.6 Å². The summed E-state index contributed by atoms with van der Waals surface area (Å²) in [5.74, 6) is -1.21. The summed E-state index contributed by atoms with van der Waals surface area (Å²) >= 11 is 0. The van der Waals surface area contributed by atoms with Crippen LogP contribution in [0.25, 0.3) is 10.9 Å². The van der Waals surface area contributed by atoms with Crippen molar-refractivity contribution in [2.24, 2.45) is 5.92 Å². The van der Waals surface area contributed by atoms with Crippen molar-refractivity contribution in [3.63, 3.8) is 0 Å². The standard InChI is InChI=1S/C43H53F2N5O7/c1-3-55-37-21-36(30-15-8-10-25(2)38(30)47-37)56-29-20-35-40(51)48-43(41(52)50(54)24-31-32(44)16-9-17-33(31)45)22-27(43)12-5-4-11-26-18-19-34(39(26)49(35)23-29)46-42(53)57-28-13-6-7-14-28/h8-10,15-17,21,27-29,34-35,41,52,54H,3-7,11-14,18-20,22-24H2,1-2H3,(H,46,53)(H,48,51)/t27-,29?,34+,35+,41?,43-/m1/s1. The molecule has 8 rings (SSSR count). The molecule has 2 amide bonds. The van der Waals surface area contributed by atoms with Gasteiger partial charge in [0.05, 0.1) is 36.8 Å².